The predicted octanol–water partition coefficient (Wildman–Crippen LogP) is 3.19. The van der Waals surface area contributed by atoms with Gasteiger partial charge in [-0.1, -0.05) is 24.3 Å². The van der Waals surface area contributed by atoms with Crippen LogP contribution in [0.3, 0.4) is 0 Å². The average molecular weight is 324 g/mol. The van der Waals surface area contributed by atoms with Gasteiger partial charge in [-0.2, -0.15) is 0 Å². The van der Waals surface area contributed by atoms with E-state index in [1.54, 1.807) is 12.4 Å². The predicted molar refractivity (Wildman–Crippen MR) is 95.9 cm³/mol. The molecule has 0 saturated heterocycles. The van der Waals surface area contributed by atoms with E-state index in [1.165, 1.54) is 11.3 Å². The summed E-state index contributed by atoms with van der Waals surface area (Å²) >= 11 is 0. The topological polar surface area (TPSA) is 48.5 Å². The lowest BCUT2D eigenvalue weighted by molar-refractivity contribution is 0.175. The molecule has 1 aromatic carbocycles. The number of anilines is 1. The van der Waals surface area contributed by atoms with Gasteiger partial charge in [0.2, 0.25) is 0 Å². The maximum Gasteiger partial charge on any atom is 0.318 e. The quantitative estimate of drug-likeness (QED) is 0.923. The number of para-hydroxylation sites is 1. The summed E-state index contributed by atoms with van der Waals surface area (Å²) in [5, 5.41) is 3.10. The van der Waals surface area contributed by atoms with Gasteiger partial charge in [0.15, 0.2) is 0 Å². The average Bonchev–Trinajstić information content (AvgIpc) is 2.72. The number of amides is 2. The van der Waals surface area contributed by atoms with E-state index in [2.05, 4.69) is 41.3 Å². The summed E-state index contributed by atoms with van der Waals surface area (Å²) in [5.74, 6) is 0. The van der Waals surface area contributed by atoms with Gasteiger partial charge in [-0.25, -0.2) is 4.79 Å². The third-order valence-electron chi connectivity index (χ3n) is 4.60. The number of nitrogens with zero attached hydrogens (tertiary/aromatic N) is 3. The van der Waals surface area contributed by atoms with Crippen LogP contribution >= 0.6 is 0 Å². The van der Waals surface area contributed by atoms with Gasteiger partial charge >= 0.3 is 6.03 Å². The van der Waals surface area contributed by atoms with Gasteiger partial charge in [0, 0.05) is 44.3 Å². The van der Waals surface area contributed by atoms with Crippen LogP contribution in [-0.4, -0.2) is 35.5 Å². The zero-order chi connectivity index (χ0) is 17.1. The molecule has 0 fully saturated rings. The molecule has 0 unspecified atom stereocenters. The van der Waals surface area contributed by atoms with Crippen LogP contribution in [0.15, 0.2) is 48.8 Å². The lowest BCUT2D eigenvalue weighted by Gasteiger charge is -2.30. The van der Waals surface area contributed by atoms with E-state index >= 15 is 0 Å². The van der Waals surface area contributed by atoms with E-state index in [0.29, 0.717) is 6.54 Å². The van der Waals surface area contributed by atoms with Crippen molar-refractivity contribution < 1.29 is 4.79 Å². The Labute approximate surface area is 143 Å². The van der Waals surface area contributed by atoms with Crippen LogP contribution in [0, 0.1) is 0 Å². The molecule has 0 bridgehead atoms. The van der Waals surface area contributed by atoms with E-state index < -0.39 is 0 Å². The number of fused-ring (bicyclic) bond motifs is 1. The first-order chi connectivity index (χ1) is 11.6. The van der Waals surface area contributed by atoms with Gasteiger partial charge in [-0.3, -0.25) is 4.98 Å². The SMILES string of the molecule is C[C@H](NC(=O)N1Cc2ccccc2N(C)C[C@H]1C)c1cccnc1. The largest absolute Gasteiger partial charge is 0.372 e. The fourth-order valence-corrected chi connectivity index (χ4v) is 3.21. The van der Waals surface area contributed by atoms with Crippen molar-refractivity contribution >= 4 is 11.7 Å². The second kappa shape index (κ2) is 6.91. The molecule has 0 aliphatic carbocycles. The minimum absolute atomic E-state index is 0.0380. The number of carbonyl (C=O) groups is 1. The second-order valence-corrected chi connectivity index (χ2v) is 6.44. The van der Waals surface area contributed by atoms with Gasteiger partial charge in [0.05, 0.1) is 6.04 Å². The Hall–Kier alpha value is -2.56. The number of aromatic nitrogens is 1. The number of rotatable bonds is 2. The first-order valence-electron chi connectivity index (χ1n) is 8.32. The first-order valence-corrected chi connectivity index (χ1v) is 8.32. The highest BCUT2D eigenvalue weighted by atomic mass is 16.2. The maximum absolute atomic E-state index is 12.8. The number of likely N-dealkylation sites (N-methyl/N-ethyl adjacent to an activating group) is 1. The van der Waals surface area contributed by atoms with Gasteiger partial charge in [0.1, 0.15) is 0 Å². The number of benzene rings is 1. The molecule has 0 radical (unpaired) electrons. The zero-order valence-corrected chi connectivity index (χ0v) is 14.4. The normalized spacial score (nSPS) is 18.5. The van der Waals surface area contributed by atoms with Crippen molar-refractivity contribution in [2.45, 2.75) is 32.5 Å². The van der Waals surface area contributed by atoms with Crippen molar-refractivity contribution in [2.24, 2.45) is 0 Å². The maximum atomic E-state index is 12.8. The molecule has 2 atom stereocenters. The molecular formula is C19H24N4O. The summed E-state index contributed by atoms with van der Waals surface area (Å²) < 4.78 is 0. The molecule has 5 heteroatoms. The summed E-state index contributed by atoms with van der Waals surface area (Å²) in [6.45, 7) is 5.51. The standard InChI is InChI=1S/C19H24N4O/c1-14-12-22(3)18-9-5-4-7-17(18)13-23(14)19(24)21-15(2)16-8-6-10-20-11-16/h4-11,14-15H,12-13H2,1-3H3,(H,21,24)/t14-,15+/m1/s1. The Bertz CT molecular complexity index is 704. The third kappa shape index (κ3) is 3.35. The van der Waals surface area contributed by atoms with Crippen molar-refractivity contribution in [3.05, 3.63) is 59.9 Å². The second-order valence-electron chi connectivity index (χ2n) is 6.44. The highest BCUT2D eigenvalue weighted by molar-refractivity contribution is 5.76. The van der Waals surface area contributed by atoms with E-state index in [0.717, 1.165) is 12.1 Å². The monoisotopic (exact) mass is 324 g/mol. The molecule has 1 aromatic heterocycles. The molecule has 1 N–H and O–H groups in total. The molecule has 2 heterocycles. The number of hydrogen-bond acceptors (Lipinski definition) is 3. The van der Waals surface area contributed by atoms with Crippen LogP contribution < -0.4 is 10.2 Å². The zero-order valence-electron chi connectivity index (χ0n) is 14.4. The van der Waals surface area contributed by atoms with Crippen molar-refractivity contribution in [3.63, 3.8) is 0 Å². The van der Waals surface area contributed by atoms with Gasteiger partial charge in [-0.05, 0) is 37.1 Å². The van der Waals surface area contributed by atoms with Crippen molar-refractivity contribution in [2.75, 3.05) is 18.5 Å². The molecule has 0 saturated carbocycles. The van der Waals surface area contributed by atoms with Crippen LogP contribution in [0.5, 0.6) is 0 Å². The Balaban J connectivity index is 1.77. The number of carbonyl (C=O) groups excluding carboxylic acids is 1. The number of urea groups is 1. The molecule has 24 heavy (non-hydrogen) atoms. The Kier molecular flexibility index (Phi) is 4.69. The minimum Gasteiger partial charge on any atom is -0.372 e. The smallest absolute Gasteiger partial charge is 0.318 e. The lowest BCUT2D eigenvalue weighted by Crippen LogP contribution is -2.47. The van der Waals surface area contributed by atoms with E-state index in [1.807, 2.05) is 36.1 Å². The van der Waals surface area contributed by atoms with E-state index in [-0.39, 0.29) is 18.1 Å². The van der Waals surface area contributed by atoms with E-state index in [9.17, 15) is 4.79 Å². The minimum atomic E-state index is -0.0744. The molecule has 126 valence electrons. The summed E-state index contributed by atoms with van der Waals surface area (Å²) in [5.41, 5.74) is 3.37. The number of nitrogens with one attached hydrogen (secondary N) is 1. The molecule has 1 aliphatic heterocycles. The molecule has 5 nitrogen and oxygen atoms in total. The summed E-state index contributed by atoms with van der Waals surface area (Å²) in [6, 6.07) is 12.2. The molecule has 0 spiro atoms. The van der Waals surface area contributed by atoms with Crippen molar-refractivity contribution in [3.8, 4) is 0 Å². The number of pyridine rings is 1. The first kappa shape index (κ1) is 16.3. The Morgan fingerprint density at radius 1 is 1.29 bits per heavy atom. The van der Waals surface area contributed by atoms with Crippen LogP contribution in [0.25, 0.3) is 0 Å². The van der Waals surface area contributed by atoms with Crippen LogP contribution in [0.1, 0.15) is 31.0 Å². The van der Waals surface area contributed by atoms with Crippen LogP contribution in [0.4, 0.5) is 10.5 Å². The number of hydrogen-bond donors (Lipinski definition) is 1. The van der Waals surface area contributed by atoms with Crippen LogP contribution in [0.2, 0.25) is 0 Å². The summed E-state index contributed by atoms with van der Waals surface area (Å²) in [6.07, 6.45) is 3.53. The van der Waals surface area contributed by atoms with Crippen LogP contribution in [-0.2, 0) is 6.54 Å². The molecule has 1 aliphatic rings. The lowest BCUT2D eigenvalue weighted by atomic mass is 10.1. The third-order valence-corrected chi connectivity index (χ3v) is 4.60. The molecule has 3 rings (SSSR count). The summed E-state index contributed by atoms with van der Waals surface area (Å²) in [7, 11) is 2.08. The van der Waals surface area contributed by atoms with Crippen molar-refractivity contribution in [1.29, 1.82) is 0 Å². The fraction of sp³-hybridized carbons (Fsp3) is 0.368. The highest BCUT2D eigenvalue weighted by Gasteiger charge is 2.27. The Morgan fingerprint density at radius 3 is 2.83 bits per heavy atom. The molecule has 2 aromatic rings. The summed E-state index contributed by atoms with van der Waals surface area (Å²) in [4.78, 5) is 21.1. The Morgan fingerprint density at radius 2 is 2.08 bits per heavy atom. The van der Waals surface area contributed by atoms with Gasteiger partial charge < -0.3 is 15.1 Å². The fourth-order valence-electron chi connectivity index (χ4n) is 3.21. The van der Waals surface area contributed by atoms with Gasteiger partial charge in [-0.15, -0.1) is 0 Å². The molecular weight excluding hydrogens is 300 g/mol. The van der Waals surface area contributed by atoms with E-state index in [4.69, 9.17) is 0 Å². The highest BCUT2D eigenvalue weighted by Crippen LogP contribution is 2.26. The van der Waals surface area contributed by atoms with Crippen molar-refractivity contribution in [1.82, 2.24) is 15.2 Å². The molecule has 2 amide bonds. The van der Waals surface area contributed by atoms with Gasteiger partial charge in [0.25, 0.3) is 0 Å².